The number of hydrogen-bond donors (Lipinski definition) is 3. The van der Waals surface area contributed by atoms with Crippen molar-refractivity contribution >= 4 is 11.9 Å². The van der Waals surface area contributed by atoms with Crippen molar-refractivity contribution in [3.63, 3.8) is 0 Å². The van der Waals surface area contributed by atoms with Crippen molar-refractivity contribution < 1.29 is 14.3 Å². The normalized spacial score (nSPS) is 22.2. The lowest BCUT2D eigenvalue weighted by atomic mass is 10.1. The first-order valence-corrected chi connectivity index (χ1v) is 5.55. The standard InChI is InChI=1S/C10H19N3O3/c1-7(13-10(11)15)9(14)12-6-8-4-2-3-5-16-8/h7-8H,2-6H2,1H3,(H,12,14)(H3,11,13,15). The van der Waals surface area contributed by atoms with E-state index in [0.29, 0.717) is 6.54 Å². The summed E-state index contributed by atoms with van der Waals surface area (Å²) in [6, 6.07) is -1.31. The lowest BCUT2D eigenvalue weighted by Gasteiger charge is -2.23. The van der Waals surface area contributed by atoms with E-state index in [9.17, 15) is 9.59 Å². The number of rotatable bonds is 4. The Morgan fingerprint density at radius 2 is 2.25 bits per heavy atom. The van der Waals surface area contributed by atoms with Crippen molar-refractivity contribution in [2.45, 2.75) is 38.3 Å². The number of nitrogens with one attached hydrogen (secondary N) is 2. The molecular weight excluding hydrogens is 210 g/mol. The van der Waals surface area contributed by atoms with E-state index < -0.39 is 12.1 Å². The molecule has 16 heavy (non-hydrogen) atoms. The highest BCUT2D eigenvalue weighted by Gasteiger charge is 2.17. The van der Waals surface area contributed by atoms with Gasteiger partial charge in [0, 0.05) is 13.2 Å². The molecule has 0 aromatic rings. The third-order valence-electron chi connectivity index (χ3n) is 2.53. The van der Waals surface area contributed by atoms with Crippen LogP contribution in [0.1, 0.15) is 26.2 Å². The summed E-state index contributed by atoms with van der Waals surface area (Å²) in [7, 11) is 0. The Labute approximate surface area is 94.9 Å². The van der Waals surface area contributed by atoms with E-state index in [4.69, 9.17) is 10.5 Å². The molecule has 1 rings (SSSR count). The number of primary amides is 1. The second-order valence-corrected chi connectivity index (χ2v) is 3.96. The zero-order valence-electron chi connectivity index (χ0n) is 9.49. The van der Waals surface area contributed by atoms with Crippen molar-refractivity contribution in [1.29, 1.82) is 0 Å². The van der Waals surface area contributed by atoms with Gasteiger partial charge >= 0.3 is 6.03 Å². The van der Waals surface area contributed by atoms with Gasteiger partial charge in [0.1, 0.15) is 6.04 Å². The van der Waals surface area contributed by atoms with Crippen LogP contribution in [0.3, 0.4) is 0 Å². The van der Waals surface area contributed by atoms with E-state index in [0.717, 1.165) is 25.9 Å². The fourth-order valence-corrected chi connectivity index (χ4v) is 1.61. The smallest absolute Gasteiger partial charge is 0.312 e. The summed E-state index contributed by atoms with van der Waals surface area (Å²) < 4.78 is 5.46. The average molecular weight is 229 g/mol. The second kappa shape index (κ2) is 6.32. The largest absolute Gasteiger partial charge is 0.376 e. The van der Waals surface area contributed by atoms with Crippen molar-refractivity contribution in [1.82, 2.24) is 10.6 Å². The first-order chi connectivity index (χ1) is 7.59. The van der Waals surface area contributed by atoms with Gasteiger partial charge in [-0.05, 0) is 26.2 Å². The number of hydrogen-bond acceptors (Lipinski definition) is 3. The van der Waals surface area contributed by atoms with Crippen LogP contribution in [0.2, 0.25) is 0 Å². The van der Waals surface area contributed by atoms with E-state index >= 15 is 0 Å². The summed E-state index contributed by atoms with van der Waals surface area (Å²) in [5.41, 5.74) is 4.92. The highest BCUT2D eigenvalue weighted by molar-refractivity contribution is 5.86. The van der Waals surface area contributed by atoms with Gasteiger partial charge in [0.25, 0.3) is 0 Å². The molecule has 4 N–H and O–H groups in total. The maximum absolute atomic E-state index is 11.5. The van der Waals surface area contributed by atoms with Gasteiger partial charge in [-0.2, -0.15) is 0 Å². The molecule has 0 bridgehead atoms. The first-order valence-electron chi connectivity index (χ1n) is 5.55. The minimum Gasteiger partial charge on any atom is -0.376 e. The molecule has 0 aromatic carbocycles. The summed E-state index contributed by atoms with van der Waals surface area (Å²) in [6.07, 6.45) is 3.29. The van der Waals surface area contributed by atoms with Crippen molar-refractivity contribution in [3.05, 3.63) is 0 Å². The Hall–Kier alpha value is -1.30. The van der Waals surface area contributed by atoms with Crippen LogP contribution in [0.25, 0.3) is 0 Å². The molecule has 0 aromatic heterocycles. The molecule has 1 heterocycles. The summed E-state index contributed by atoms with van der Waals surface area (Å²) in [4.78, 5) is 22.0. The van der Waals surface area contributed by atoms with Crippen LogP contribution in [0.15, 0.2) is 0 Å². The number of ether oxygens (including phenoxy) is 1. The molecule has 1 saturated heterocycles. The fourth-order valence-electron chi connectivity index (χ4n) is 1.61. The van der Waals surface area contributed by atoms with Crippen LogP contribution >= 0.6 is 0 Å². The van der Waals surface area contributed by atoms with Gasteiger partial charge in [-0.25, -0.2) is 4.79 Å². The van der Waals surface area contributed by atoms with Crippen molar-refractivity contribution in [2.24, 2.45) is 5.73 Å². The molecule has 1 aliphatic rings. The topological polar surface area (TPSA) is 93.5 Å². The molecule has 0 radical (unpaired) electrons. The van der Waals surface area contributed by atoms with Gasteiger partial charge in [0.05, 0.1) is 6.10 Å². The maximum Gasteiger partial charge on any atom is 0.312 e. The zero-order chi connectivity index (χ0) is 12.0. The Morgan fingerprint density at radius 3 is 2.81 bits per heavy atom. The van der Waals surface area contributed by atoms with Crippen molar-refractivity contribution in [2.75, 3.05) is 13.2 Å². The van der Waals surface area contributed by atoms with Gasteiger partial charge in [0.2, 0.25) is 5.91 Å². The van der Waals surface area contributed by atoms with E-state index in [1.807, 2.05) is 0 Å². The molecule has 6 nitrogen and oxygen atoms in total. The van der Waals surface area contributed by atoms with Crippen molar-refractivity contribution in [3.8, 4) is 0 Å². The van der Waals surface area contributed by atoms with E-state index in [1.165, 1.54) is 0 Å². The molecule has 3 amide bonds. The number of carbonyl (C=O) groups excluding carboxylic acids is 2. The van der Waals surface area contributed by atoms with Crippen LogP contribution in [0, 0.1) is 0 Å². The molecule has 0 aliphatic carbocycles. The van der Waals surface area contributed by atoms with E-state index in [-0.39, 0.29) is 12.0 Å². The summed E-state index contributed by atoms with van der Waals surface area (Å²) in [6.45, 7) is 2.83. The van der Waals surface area contributed by atoms with E-state index in [1.54, 1.807) is 6.92 Å². The van der Waals surface area contributed by atoms with E-state index in [2.05, 4.69) is 10.6 Å². The first kappa shape index (κ1) is 12.8. The predicted molar refractivity (Wildman–Crippen MR) is 58.8 cm³/mol. The van der Waals surface area contributed by atoms with Gasteiger partial charge in [-0.15, -0.1) is 0 Å². The highest BCUT2D eigenvalue weighted by atomic mass is 16.5. The SMILES string of the molecule is CC(NC(N)=O)C(=O)NCC1CCCCO1. The third kappa shape index (κ3) is 4.48. The predicted octanol–water partition coefficient (Wildman–Crippen LogP) is -0.271. The molecule has 1 fully saturated rings. The number of urea groups is 1. The van der Waals surface area contributed by atoms with Gasteiger partial charge < -0.3 is 21.1 Å². The Balaban J connectivity index is 2.20. The number of nitrogens with two attached hydrogens (primary N) is 1. The monoisotopic (exact) mass is 229 g/mol. The summed E-state index contributed by atoms with van der Waals surface area (Å²) in [5, 5.41) is 5.04. The van der Waals surface area contributed by atoms with Crippen LogP contribution in [0.5, 0.6) is 0 Å². The molecule has 92 valence electrons. The van der Waals surface area contributed by atoms with Gasteiger partial charge in [-0.1, -0.05) is 0 Å². The third-order valence-corrected chi connectivity index (χ3v) is 2.53. The van der Waals surface area contributed by atoms with Crippen LogP contribution in [-0.2, 0) is 9.53 Å². The fraction of sp³-hybridized carbons (Fsp3) is 0.800. The van der Waals surface area contributed by atoms with Gasteiger partial charge in [-0.3, -0.25) is 4.79 Å². The summed E-state index contributed by atoms with van der Waals surface area (Å²) >= 11 is 0. The maximum atomic E-state index is 11.5. The molecule has 2 atom stereocenters. The minimum atomic E-state index is -0.698. The molecule has 1 aliphatic heterocycles. The zero-order valence-corrected chi connectivity index (χ0v) is 9.49. The average Bonchev–Trinajstić information content (AvgIpc) is 2.26. The Bertz CT molecular complexity index is 252. The lowest BCUT2D eigenvalue weighted by Crippen LogP contribution is -2.48. The minimum absolute atomic E-state index is 0.0958. The molecule has 0 spiro atoms. The molecule has 6 heteroatoms. The molecule has 2 unspecified atom stereocenters. The summed E-state index contributed by atoms with van der Waals surface area (Å²) in [5.74, 6) is -0.243. The second-order valence-electron chi connectivity index (χ2n) is 3.96. The Kier molecular flexibility index (Phi) is 5.04. The van der Waals surface area contributed by atoms with Gasteiger partial charge in [0.15, 0.2) is 0 Å². The number of amides is 3. The quantitative estimate of drug-likeness (QED) is 0.619. The van der Waals surface area contributed by atoms with Crippen LogP contribution in [-0.4, -0.2) is 37.2 Å². The Morgan fingerprint density at radius 1 is 1.50 bits per heavy atom. The number of carbonyl (C=O) groups is 2. The molecule has 0 saturated carbocycles. The van der Waals surface area contributed by atoms with Crippen LogP contribution < -0.4 is 16.4 Å². The van der Waals surface area contributed by atoms with Crippen LogP contribution in [0.4, 0.5) is 4.79 Å². The highest BCUT2D eigenvalue weighted by Crippen LogP contribution is 2.11. The lowest BCUT2D eigenvalue weighted by molar-refractivity contribution is -0.123. The molecular formula is C10H19N3O3.